The summed E-state index contributed by atoms with van der Waals surface area (Å²) in [6, 6.07) is 0. The monoisotopic (exact) mass is 968 g/mol. The van der Waals surface area contributed by atoms with Crippen LogP contribution in [0.25, 0.3) is 0 Å². The molecule has 2 atom stereocenters. The number of unbranched alkanes of at least 4 members (excludes halogenated alkanes) is 22. The standard InChI is InChI=1S/C42H75F13NO6P/c1-5-6-7-8-9-10-11-12-13-14-15-18-21-24-27-31-59-34-36(62-63(57,58)61-33-30-56(2,3)4)35-60-32-28-25-22-19-16-17-20-23-26-29-37(43,44)38(45,46)39(47,48)40(49,50)41(51,52)42(53,54)55/h36H,5-35H2,1-4H3. The van der Waals surface area contributed by atoms with E-state index in [2.05, 4.69) is 6.92 Å². The Labute approximate surface area is 367 Å². The fourth-order valence-electron chi connectivity index (χ4n) is 6.50. The number of hydrogen-bond donors (Lipinski definition) is 0. The van der Waals surface area contributed by atoms with Gasteiger partial charge < -0.3 is 27.9 Å². The van der Waals surface area contributed by atoms with Crippen LogP contribution in [0.4, 0.5) is 57.1 Å². The van der Waals surface area contributed by atoms with E-state index >= 15 is 0 Å². The predicted octanol–water partition coefficient (Wildman–Crippen LogP) is 14.1. The number of alkyl halides is 13. The summed E-state index contributed by atoms with van der Waals surface area (Å²) >= 11 is 0. The molecule has 0 spiro atoms. The zero-order valence-corrected chi connectivity index (χ0v) is 38.6. The van der Waals surface area contributed by atoms with Gasteiger partial charge in [0.1, 0.15) is 19.3 Å². The molecule has 0 aliphatic rings. The van der Waals surface area contributed by atoms with Crippen molar-refractivity contribution in [2.24, 2.45) is 0 Å². The van der Waals surface area contributed by atoms with E-state index in [9.17, 15) is 66.5 Å². The van der Waals surface area contributed by atoms with E-state index in [-0.39, 0.29) is 39.3 Å². The molecule has 63 heavy (non-hydrogen) atoms. The van der Waals surface area contributed by atoms with E-state index in [1.165, 1.54) is 70.6 Å². The summed E-state index contributed by atoms with van der Waals surface area (Å²) in [7, 11) is 0.993. The van der Waals surface area contributed by atoms with Crippen molar-refractivity contribution < 1.29 is 89.5 Å². The molecule has 7 nitrogen and oxygen atoms in total. The summed E-state index contributed by atoms with van der Waals surface area (Å²) in [5, 5.41) is 0. The Bertz CT molecular complexity index is 1210. The van der Waals surface area contributed by atoms with Crippen molar-refractivity contribution in [2.75, 3.05) is 60.7 Å². The lowest BCUT2D eigenvalue weighted by atomic mass is 9.91. The van der Waals surface area contributed by atoms with Gasteiger partial charge in [0.2, 0.25) is 0 Å². The van der Waals surface area contributed by atoms with Gasteiger partial charge in [-0.15, -0.1) is 0 Å². The highest BCUT2D eigenvalue weighted by Crippen LogP contribution is 2.60. The lowest BCUT2D eigenvalue weighted by Gasteiger charge is -2.39. The SMILES string of the molecule is CCCCCCCCCCCCCCCCCOCC(COCCCCCCCCCCCC(F)(F)C(F)(F)C(F)(F)C(F)(F)C(F)(F)C(F)(F)F)OP(=O)([O-])OCC[N+](C)(C)C. The summed E-state index contributed by atoms with van der Waals surface area (Å²) in [6.45, 7) is 3.19. The van der Waals surface area contributed by atoms with Crippen molar-refractivity contribution in [3.63, 3.8) is 0 Å². The summed E-state index contributed by atoms with van der Waals surface area (Å²) in [6.07, 6.45) is 10.4. The molecular weight excluding hydrogens is 892 g/mol. The first-order valence-corrected chi connectivity index (χ1v) is 24.1. The Morgan fingerprint density at radius 1 is 0.476 bits per heavy atom. The average Bonchev–Trinajstić information content (AvgIpc) is 3.16. The third kappa shape index (κ3) is 24.6. The van der Waals surface area contributed by atoms with Gasteiger partial charge >= 0.3 is 35.8 Å². The fourth-order valence-corrected chi connectivity index (χ4v) is 7.35. The first kappa shape index (κ1) is 62.1. The Kier molecular flexibility index (Phi) is 30.0. The van der Waals surface area contributed by atoms with Crippen LogP contribution in [0.15, 0.2) is 0 Å². The second-order valence-corrected chi connectivity index (χ2v) is 18.9. The number of halogens is 13. The van der Waals surface area contributed by atoms with Gasteiger partial charge in [0.25, 0.3) is 7.82 Å². The van der Waals surface area contributed by atoms with E-state index in [1.54, 1.807) is 0 Å². The van der Waals surface area contributed by atoms with Crippen molar-refractivity contribution in [1.29, 1.82) is 0 Å². The molecule has 21 heteroatoms. The summed E-state index contributed by atoms with van der Waals surface area (Å²) in [4.78, 5) is 12.5. The van der Waals surface area contributed by atoms with Crippen LogP contribution in [0, 0.1) is 0 Å². The average molecular weight is 968 g/mol. The molecular formula is C42H75F13NO6P. The van der Waals surface area contributed by atoms with Crippen molar-refractivity contribution in [3.8, 4) is 0 Å². The molecule has 2 unspecified atom stereocenters. The van der Waals surface area contributed by atoms with E-state index in [0.29, 0.717) is 56.2 Å². The van der Waals surface area contributed by atoms with Crippen molar-refractivity contribution in [1.82, 2.24) is 0 Å². The van der Waals surface area contributed by atoms with Crippen LogP contribution in [0.3, 0.4) is 0 Å². The molecule has 0 aliphatic heterocycles. The second-order valence-electron chi connectivity index (χ2n) is 17.6. The third-order valence-corrected chi connectivity index (χ3v) is 11.6. The lowest BCUT2D eigenvalue weighted by molar-refractivity contribution is -0.870. The highest BCUT2D eigenvalue weighted by Gasteiger charge is 2.90. The lowest BCUT2D eigenvalue weighted by Crippen LogP contribution is -2.70. The van der Waals surface area contributed by atoms with E-state index < -0.39 is 62.6 Å². The first-order chi connectivity index (χ1) is 29.1. The smallest absolute Gasteiger partial charge is 0.460 e. The van der Waals surface area contributed by atoms with Gasteiger partial charge in [-0.05, 0) is 19.3 Å². The Hall–Kier alpha value is -0.920. The molecule has 380 valence electrons. The summed E-state index contributed by atoms with van der Waals surface area (Å²) in [5.41, 5.74) is 0. The molecule has 0 saturated heterocycles. The summed E-state index contributed by atoms with van der Waals surface area (Å²) in [5.74, 6) is -36.6. The molecule has 0 rings (SSSR count). The molecule has 0 aliphatic carbocycles. The minimum atomic E-state index is -7.88. The molecule has 0 amide bonds. The topological polar surface area (TPSA) is 77.1 Å². The second kappa shape index (κ2) is 30.5. The number of rotatable bonds is 42. The van der Waals surface area contributed by atoms with Gasteiger partial charge in [0, 0.05) is 19.6 Å². The number of likely N-dealkylation sites (N-methyl/N-ethyl adjacent to an activating group) is 1. The maximum Gasteiger partial charge on any atom is 0.460 e. The van der Waals surface area contributed by atoms with Crippen LogP contribution in [-0.4, -0.2) is 107 Å². The zero-order valence-electron chi connectivity index (χ0n) is 37.8. The Morgan fingerprint density at radius 3 is 1.16 bits per heavy atom. The number of quaternary nitrogens is 1. The molecule has 0 heterocycles. The molecule has 0 aromatic carbocycles. The summed E-state index contributed by atoms with van der Waals surface area (Å²) < 4.78 is 207. The molecule has 0 aromatic rings. The fraction of sp³-hybridized carbons (Fsp3) is 1.00. The minimum absolute atomic E-state index is 0.0209. The number of nitrogens with zero attached hydrogens (tertiary/aromatic N) is 1. The van der Waals surface area contributed by atoms with Gasteiger partial charge in [-0.1, -0.05) is 142 Å². The Balaban J connectivity index is 4.48. The van der Waals surface area contributed by atoms with Gasteiger partial charge in [-0.2, -0.15) is 57.1 Å². The van der Waals surface area contributed by atoms with Gasteiger partial charge in [0.05, 0.1) is 34.4 Å². The number of phosphoric acid groups is 1. The molecule has 0 N–H and O–H groups in total. The van der Waals surface area contributed by atoms with Crippen LogP contribution in [-0.2, 0) is 23.1 Å². The molecule has 0 fully saturated rings. The van der Waals surface area contributed by atoms with E-state index in [4.69, 9.17) is 18.5 Å². The van der Waals surface area contributed by atoms with Crippen LogP contribution < -0.4 is 4.89 Å². The maximum absolute atomic E-state index is 14.0. The molecule has 0 saturated carbocycles. The highest BCUT2D eigenvalue weighted by molar-refractivity contribution is 7.45. The van der Waals surface area contributed by atoms with Gasteiger partial charge in [-0.3, -0.25) is 4.57 Å². The predicted molar refractivity (Wildman–Crippen MR) is 215 cm³/mol. The number of hydrogen-bond acceptors (Lipinski definition) is 6. The first-order valence-electron chi connectivity index (χ1n) is 22.7. The number of phosphoric ester groups is 1. The van der Waals surface area contributed by atoms with Crippen LogP contribution in [0.5, 0.6) is 0 Å². The molecule has 0 radical (unpaired) electrons. The van der Waals surface area contributed by atoms with Gasteiger partial charge in [-0.25, -0.2) is 0 Å². The third-order valence-electron chi connectivity index (χ3n) is 10.6. The quantitative estimate of drug-likeness (QED) is 0.0263. The van der Waals surface area contributed by atoms with Crippen molar-refractivity contribution in [3.05, 3.63) is 0 Å². The van der Waals surface area contributed by atoms with Crippen molar-refractivity contribution in [2.45, 2.75) is 209 Å². The highest BCUT2D eigenvalue weighted by atomic mass is 31.2. The zero-order chi connectivity index (χ0) is 48.3. The molecule has 0 aromatic heterocycles. The normalized spacial score (nSPS) is 15.3. The Morgan fingerprint density at radius 2 is 0.810 bits per heavy atom. The van der Waals surface area contributed by atoms with Crippen molar-refractivity contribution >= 4 is 7.82 Å². The number of ether oxygens (including phenoxy) is 2. The largest absolute Gasteiger partial charge is 0.756 e. The van der Waals surface area contributed by atoms with Crippen LogP contribution in [0.1, 0.15) is 167 Å². The maximum atomic E-state index is 14.0. The minimum Gasteiger partial charge on any atom is -0.756 e. The molecule has 0 bridgehead atoms. The van der Waals surface area contributed by atoms with E-state index in [1.807, 2.05) is 21.1 Å². The van der Waals surface area contributed by atoms with Crippen LogP contribution >= 0.6 is 7.82 Å². The van der Waals surface area contributed by atoms with E-state index in [0.717, 1.165) is 25.7 Å². The van der Waals surface area contributed by atoms with Gasteiger partial charge in [0.15, 0.2) is 0 Å². The van der Waals surface area contributed by atoms with Crippen LogP contribution in [0.2, 0.25) is 0 Å².